The number of anilines is 1. The van der Waals surface area contributed by atoms with E-state index in [2.05, 4.69) is 10.6 Å². The lowest BCUT2D eigenvalue weighted by atomic mass is 10.0. The Morgan fingerprint density at radius 3 is 2.12 bits per heavy atom. The third-order valence-electron chi connectivity index (χ3n) is 5.88. The fraction of sp³-hybridized carbons (Fsp3) is 0.250. The van der Waals surface area contributed by atoms with Crippen LogP contribution in [0.3, 0.4) is 0 Å². The van der Waals surface area contributed by atoms with Crippen molar-refractivity contribution < 1.29 is 9.85 Å². The second-order valence-electron chi connectivity index (χ2n) is 8.07. The maximum absolute atomic E-state index is 11.7. The molecular weight excluding hydrogens is 408 g/mol. The third kappa shape index (κ3) is 4.76. The Labute approximate surface area is 185 Å². The zero-order valence-corrected chi connectivity index (χ0v) is 17.7. The summed E-state index contributed by atoms with van der Waals surface area (Å²) in [6.45, 7) is 2.52. The van der Waals surface area contributed by atoms with Crippen LogP contribution in [-0.2, 0) is 6.54 Å². The van der Waals surface area contributed by atoms with Crippen molar-refractivity contribution in [3.63, 3.8) is 0 Å². The molecule has 0 aliphatic carbocycles. The molecular formula is C24H24N4O4. The average molecular weight is 432 g/mol. The molecule has 0 bridgehead atoms. The molecule has 3 aromatic rings. The van der Waals surface area contributed by atoms with Crippen LogP contribution in [0.2, 0.25) is 0 Å². The van der Waals surface area contributed by atoms with Crippen molar-refractivity contribution >= 4 is 17.1 Å². The van der Waals surface area contributed by atoms with E-state index in [0.717, 1.165) is 29.5 Å². The van der Waals surface area contributed by atoms with Gasteiger partial charge in [0.1, 0.15) is 5.69 Å². The van der Waals surface area contributed by atoms with Gasteiger partial charge in [0.2, 0.25) is 0 Å². The van der Waals surface area contributed by atoms with Crippen molar-refractivity contribution in [2.75, 3.05) is 5.32 Å². The highest BCUT2D eigenvalue weighted by Gasteiger charge is 2.28. The molecule has 0 saturated carbocycles. The highest BCUT2D eigenvalue weighted by Crippen LogP contribution is 2.37. The molecule has 0 spiro atoms. The Morgan fingerprint density at radius 1 is 0.875 bits per heavy atom. The van der Waals surface area contributed by atoms with Gasteiger partial charge in [0.05, 0.1) is 9.85 Å². The molecule has 1 heterocycles. The Balaban J connectivity index is 1.46. The minimum Gasteiger partial charge on any atom is -0.375 e. The molecule has 2 unspecified atom stereocenters. The summed E-state index contributed by atoms with van der Waals surface area (Å²) in [6, 6.07) is 19.9. The smallest absolute Gasteiger partial charge is 0.292 e. The van der Waals surface area contributed by atoms with Crippen LogP contribution in [0.25, 0.3) is 0 Å². The van der Waals surface area contributed by atoms with Crippen LogP contribution in [0.15, 0.2) is 66.7 Å². The van der Waals surface area contributed by atoms with E-state index in [1.165, 1.54) is 17.7 Å². The molecule has 8 nitrogen and oxygen atoms in total. The second-order valence-corrected chi connectivity index (χ2v) is 8.07. The van der Waals surface area contributed by atoms with E-state index >= 15 is 0 Å². The van der Waals surface area contributed by atoms with Gasteiger partial charge in [-0.2, -0.15) is 0 Å². The molecule has 0 radical (unpaired) electrons. The van der Waals surface area contributed by atoms with Crippen LogP contribution >= 0.6 is 0 Å². The van der Waals surface area contributed by atoms with Gasteiger partial charge in [-0.05, 0) is 42.5 Å². The number of nitro benzene ring substituents is 2. The molecule has 2 N–H and O–H groups in total. The van der Waals surface area contributed by atoms with E-state index in [1.54, 1.807) is 24.3 Å². The molecule has 1 fully saturated rings. The van der Waals surface area contributed by atoms with Gasteiger partial charge in [-0.1, -0.05) is 48.0 Å². The molecule has 164 valence electrons. The first kappa shape index (κ1) is 21.5. The predicted molar refractivity (Wildman–Crippen MR) is 123 cm³/mol. The molecule has 4 rings (SSSR count). The molecule has 1 aliphatic heterocycles. The zero-order chi connectivity index (χ0) is 22.7. The van der Waals surface area contributed by atoms with Crippen molar-refractivity contribution in [2.24, 2.45) is 0 Å². The minimum atomic E-state index is -0.414. The fourth-order valence-electron chi connectivity index (χ4n) is 4.07. The third-order valence-corrected chi connectivity index (χ3v) is 5.88. The van der Waals surface area contributed by atoms with Crippen LogP contribution < -0.4 is 10.6 Å². The van der Waals surface area contributed by atoms with Crippen LogP contribution in [0, 0.1) is 27.2 Å². The van der Waals surface area contributed by atoms with Gasteiger partial charge in [0.25, 0.3) is 11.4 Å². The van der Waals surface area contributed by atoms with Gasteiger partial charge < -0.3 is 10.6 Å². The molecule has 2 atom stereocenters. The molecule has 1 saturated heterocycles. The first-order valence-electron chi connectivity index (χ1n) is 10.5. The van der Waals surface area contributed by atoms with Gasteiger partial charge in [-0.15, -0.1) is 0 Å². The van der Waals surface area contributed by atoms with E-state index in [1.807, 2.05) is 37.3 Å². The van der Waals surface area contributed by atoms with Crippen molar-refractivity contribution in [3.8, 4) is 0 Å². The van der Waals surface area contributed by atoms with Crippen molar-refractivity contribution in [1.82, 2.24) is 5.32 Å². The Kier molecular flexibility index (Phi) is 6.13. The Morgan fingerprint density at radius 2 is 1.50 bits per heavy atom. The lowest BCUT2D eigenvalue weighted by Gasteiger charge is -2.16. The monoisotopic (exact) mass is 432 g/mol. The van der Waals surface area contributed by atoms with Crippen molar-refractivity contribution in [3.05, 3.63) is 109 Å². The average Bonchev–Trinajstić information content (AvgIpc) is 3.29. The molecule has 8 heteroatoms. The highest BCUT2D eigenvalue weighted by atomic mass is 16.6. The quantitative estimate of drug-likeness (QED) is 0.372. The Bertz CT molecular complexity index is 1130. The molecule has 0 amide bonds. The molecule has 0 aromatic heterocycles. The number of non-ortho nitro benzene ring substituents is 1. The van der Waals surface area contributed by atoms with E-state index in [0.29, 0.717) is 12.2 Å². The maximum atomic E-state index is 11.7. The van der Waals surface area contributed by atoms with E-state index in [-0.39, 0.29) is 28.4 Å². The summed E-state index contributed by atoms with van der Waals surface area (Å²) >= 11 is 0. The van der Waals surface area contributed by atoms with Gasteiger partial charge in [0.15, 0.2) is 0 Å². The topological polar surface area (TPSA) is 110 Å². The van der Waals surface area contributed by atoms with E-state index in [4.69, 9.17) is 0 Å². The van der Waals surface area contributed by atoms with Gasteiger partial charge in [-0.3, -0.25) is 20.2 Å². The van der Waals surface area contributed by atoms with Gasteiger partial charge in [0, 0.05) is 36.8 Å². The van der Waals surface area contributed by atoms with Crippen LogP contribution in [0.1, 0.15) is 47.2 Å². The summed E-state index contributed by atoms with van der Waals surface area (Å²) in [4.78, 5) is 21.8. The van der Waals surface area contributed by atoms with Gasteiger partial charge in [-0.25, -0.2) is 0 Å². The largest absolute Gasteiger partial charge is 0.375 e. The predicted octanol–water partition coefficient (Wildman–Crippen LogP) is 5.59. The number of nitrogens with one attached hydrogen (secondary N) is 2. The zero-order valence-electron chi connectivity index (χ0n) is 17.7. The molecule has 32 heavy (non-hydrogen) atoms. The van der Waals surface area contributed by atoms with E-state index < -0.39 is 4.92 Å². The first-order chi connectivity index (χ1) is 15.4. The molecule has 3 aromatic carbocycles. The van der Waals surface area contributed by atoms with Crippen LogP contribution in [-0.4, -0.2) is 9.85 Å². The van der Waals surface area contributed by atoms with Crippen molar-refractivity contribution in [1.29, 1.82) is 0 Å². The lowest BCUT2D eigenvalue weighted by molar-refractivity contribution is -0.384. The standard InChI is InChI=1S/C24H24N4O4/c1-16-2-4-17(5-3-16)15-25-23-11-8-19(14-24(23)28(31)32)22-13-12-21(26-22)18-6-9-20(10-7-18)27(29)30/h2-11,14,21-22,25-26H,12-13,15H2,1H3. The fourth-order valence-corrected chi connectivity index (χ4v) is 4.07. The summed E-state index contributed by atoms with van der Waals surface area (Å²) in [6.07, 6.45) is 1.68. The Hall–Kier alpha value is -3.78. The minimum absolute atomic E-state index is 0.0139. The SMILES string of the molecule is Cc1ccc(CNc2ccc(C3CCC(c4ccc([N+](=O)[O-])cc4)N3)cc2[N+](=O)[O-])cc1. The maximum Gasteiger partial charge on any atom is 0.292 e. The number of nitrogens with zero attached hydrogens (tertiary/aromatic N) is 2. The number of hydrogen-bond donors (Lipinski definition) is 2. The second kappa shape index (κ2) is 9.15. The number of hydrogen-bond acceptors (Lipinski definition) is 6. The number of nitro groups is 2. The highest BCUT2D eigenvalue weighted by molar-refractivity contribution is 5.63. The van der Waals surface area contributed by atoms with Crippen LogP contribution in [0.5, 0.6) is 0 Å². The van der Waals surface area contributed by atoms with Crippen molar-refractivity contribution in [2.45, 2.75) is 38.4 Å². The number of rotatable bonds is 7. The van der Waals surface area contributed by atoms with Crippen LogP contribution in [0.4, 0.5) is 17.1 Å². The summed E-state index contributed by atoms with van der Waals surface area (Å²) in [5, 5.41) is 29.3. The summed E-state index contributed by atoms with van der Waals surface area (Å²) in [5.41, 5.74) is 4.66. The summed E-state index contributed by atoms with van der Waals surface area (Å²) in [5.74, 6) is 0. The van der Waals surface area contributed by atoms with Gasteiger partial charge >= 0.3 is 0 Å². The number of aryl methyl sites for hydroxylation is 1. The first-order valence-corrected chi connectivity index (χ1v) is 10.5. The summed E-state index contributed by atoms with van der Waals surface area (Å²) in [7, 11) is 0. The number of benzene rings is 3. The van der Waals surface area contributed by atoms with E-state index in [9.17, 15) is 20.2 Å². The normalized spacial score (nSPS) is 17.8. The molecule has 1 aliphatic rings. The summed E-state index contributed by atoms with van der Waals surface area (Å²) < 4.78 is 0. The lowest BCUT2D eigenvalue weighted by Crippen LogP contribution is -2.17.